The zero-order valence-electron chi connectivity index (χ0n) is 29.3. The number of carbonyl (C=O) groups is 2. The number of anilines is 1. The molecule has 0 radical (unpaired) electrons. The fourth-order valence-corrected chi connectivity index (χ4v) is 7.30. The lowest BCUT2D eigenvalue weighted by atomic mass is 10.0. The van der Waals surface area contributed by atoms with E-state index in [1.165, 1.54) is 37.3 Å². The third kappa shape index (κ3) is 9.71. The maximum absolute atomic E-state index is 14.8. The van der Waals surface area contributed by atoms with Gasteiger partial charge >= 0.3 is 0 Å². The van der Waals surface area contributed by atoms with E-state index in [0.717, 1.165) is 21.0 Å². The quantitative estimate of drug-likeness (QED) is 0.154. The molecule has 2 amide bonds. The maximum Gasteiger partial charge on any atom is 0.264 e. The van der Waals surface area contributed by atoms with Gasteiger partial charge in [0.05, 0.1) is 34.8 Å². The van der Waals surface area contributed by atoms with E-state index in [-0.39, 0.29) is 28.6 Å². The molecule has 0 heterocycles. The molecule has 50 heavy (non-hydrogen) atoms. The van der Waals surface area contributed by atoms with Crippen LogP contribution in [0.15, 0.2) is 89.8 Å². The summed E-state index contributed by atoms with van der Waals surface area (Å²) < 4.78 is 40.9. The third-order valence-corrected chi connectivity index (χ3v) is 10.3. The summed E-state index contributed by atoms with van der Waals surface area (Å²) in [5, 5.41) is 3.64. The molecule has 9 nitrogen and oxygen atoms in total. The van der Waals surface area contributed by atoms with Gasteiger partial charge in [-0.3, -0.25) is 13.9 Å². The summed E-state index contributed by atoms with van der Waals surface area (Å²) in [5.41, 5.74) is 2.71. The number of amides is 2. The molecule has 12 heteroatoms. The second-order valence-corrected chi connectivity index (χ2v) is 15.8. The average Bonchev–Trinajstić information content (AvgIpc) is 3.05. The van der Waals surface area contributed by atoms with Crippen molar-refractivity contribution in [2.45, 2.75) is 64.1 Å². The lowest BCUT2D eigenvalue weighted by Gasteiger charge is -2.35. The highest BCUT2D eigenvalue weighted by Crippen LogP contribution is 2.33. The Labute approximate surface area is 305 Å². The molecule has 4 aromatic carbocycles. The van der Waals surface area contributed by atoms with E-state index < -0.39 is 40.0 Å². The Hall–Kier alpha value is -4.25. The van der Waals surface area contributed by atoms with Crippen LogP contribution in [-0.4, -0.2) is 57.5 Å². The first-order chi connectivity index (χ1) is 23.5. The summed E-state index contributed by atoms with van der Waals surface area (Å²) in [4.78, 5) is 30.2. The average molecular weight is 741 g/mol. The Balaban J connectivity index is 1.88. The minimum absolute atomic E-state index is 0.0537. The van der Waals surface area contributed by atoms with Gasteiger partial charge in [-0.25, -0.2) is 8.42 Å². The molecule has 0 spiro atoms. The van der Waals surface area contributed by atoms with Crippen LogP contribution >= 0.6 is 23.2 Å². The molecule has 266 valence electrons. The molecule has 4 rings (SSSR count). The summed E-state index contributed by atoms with van der Waals surface area (Å²) in [6.07, 6.45) is 0.168. The molecule has 0 aromatic heterocycles. The number of rotatable bonds is 13. The van der Waals surface area contributed by atoms with Crippen molar-refractivity contribution in [2.24, 2.45) is 0 Å². The van der Waals surface area contributed by atoms with Crippen molar-refractivity contribution >= 4 is 50.7 Å². The van der Waals surface area contributed by atoms with Crippen molar-refractivity contribution in [3.05, 3.63) is 117 Å². The van der Waals surface area contributed by atoms with Gasteiger partial charge in [0.1, 0.15) is 12.6 Å². The predicted molar refractivity (Wildman–Crippen MR) is 199 cm³/mol. The zero-order valence-corrected chi connectivity index (χ0v) is 31.6. The van der Waals surface area contributed by atoms with Crippen LogP contribution in [0, 0.1) is 13.8 Å². The van der Waals surface area contributed by atoms with E-state index in [2.05, 4.69) is 5.32 Å². The van der Waals surface area contributed by atoms with Crippen LogP contribution in [0.4, 0.5) is 5.69 Å². The number of hydrogen-bond acceptors (Lipinski definition) is 6. The number of benzene rings is 4. The number of aryl methyl sites for hydroxylation is 2. The van der Waals surface area contributed by atoms with E-state index in [0.29, 0.717) is 22.0 Å². The molecule has 0 saturated heterocycles. The lowest BCUT2D eigenvalue weighted by molar-refractivity contribution is -0.140. The van der Waals surface area contributed by atoms with Gasteiger partial charge in [-0.1, -0.05) is 65.7 Å². The van der Waals surface area contributed by atoms with Crippen LogP contribution in [0.5, 0.6) is 11.5 Å². The second-order valence-electron chi connectivity index (χ2n) is 13.1. The minimum atomic E-state index is -4.38. The van der Waals surface area contributed by atoms with Crippen molar-refractivity contribution in [1.82, 2.24) is 10.2 Å². The number of sulfonamides is 1. The van der Waals surface area contributed by atoms with Gasteiger partial charge in [0.15, 0.2) is 11.5 Å². The first-order valence-electron chi connectivity index (χ1n) is 15.9. The maximum atomic E-state index is 14.8. The minimum Gasteiger partial charge on any atom is -0.493 e. The number of hydrogen-bond donors (Lipinski definition) is 1. The number of halogens is 2. The summed E-state index contributed by atoms with van der Waals surface area (Å²) in [5.74, 6) is -0.440. The van der Waals surface area contributed by atoms with Crippen LogP contribution in [0.1, 0.15) is 43.0 Å². The molecule has 0 aliphatic rings. The Morgan fingerprint density at radius 1 is 0.800 bits per heavy atom. The van der Waals surface area contributed by atoms with E-state index in [4.69, 9.17) is 32.7 Å². The highest BCUT2D eigenvalue weighted by molar-refractivity contribution is 7.92. The van der Waals surface area contributed by atoms with Crippen LogP contribution in [-0.2, 0) is 32.6 Å². The first-order valence-corrected chi connectivity index (χ1v) is 18.1. The van der Waals surface area contributed by atoms with Gasteiger partial charge in [-0.05, 0) is 93.3 Å². The molecule has 4 aromatic rings. The molecule has 0 bridgehead atoms. The number of carbonyl (C=O) groups excluding carboxylic acids is 2. The van der Waals surface area contributed by atoms with Gasteiger partial charge in [0, 0.05) is 24.6 Å². The van der Waals surface area contributed by atoms with Crippen LogP contribution < -0.4 is 19.1 Å². The van der Waals surface area contributed by atoms with Crippen LogP contribution in [0.3, 0.4) is 0 Å². The smallest absolute Gasteiger partial charge is 0.264 e. The largest absolute Gasteiger partial charge is 0.493 e. The van der Waals surface area contributed by atoms with Crippen LogP contribution in [0.25, 0.3) is 0 Å². The molecular weight excluding hydrogens is 697 g/mol. The van der Waals surface area contributed by atoms with Crippen LogP contribution in [0.2, 0.25) is 10.0 Å². The second kappa shape index (κ2) is 16.2. The number of nitrogens with one attached hydrogen (secondary N) is 1. The zero-order chi connectivity index (χ0) is 36.8. The molecule has 0 saturated carbocycles. The fourth-order valence-electron chi connectivity index (χ4n) is 5.57. The Morgan fingerprint density at radius 3 is 2.02 bits per heavy atom. The number of methoxy groups -OCH3 is 2. The molecule has 0 aliphatic carbocycles. The van der Waals surface area contributed by atoms with E-state index in [1.807, 2.05) is 71.0 Å². The standard InChI is InChI=1S/C38H43Cl2N3O6S/c1-25-17-26(2)19-29(18-25)43(50(46,47)30-14-16-34(48-6)35(22-30)49-7)24-36(44)42(23-28-13-15-31(39)32(40)20-28)33(37(45)41-38(3,4)5)21-27-11-9-8-10-12-27/h8-20,22,33H,21,23-24H2,1-7H3,(H,41,45)/t33-/m1/s1. The van der Waals surface area contributed by atoms with E-state index in [9.17, 15) is 18.0 Å². The Kier molecular flexibility index (Phi) is 12.5. The Morgan fingerprint density at radius 2 is 1.44 bits per heavy atom. The van der Waals surface area contributed by atoms with Gasteiger partial charge < -0.3 is 19.7 Å². The highest BCUT2D eigenvalue weighted by atomic mass is 35.5. The van der Waals surface area contributed by atoms with Gasteiger partial charge in [-0.15, -0.1) is 0 Å². The van der Waals surface area contributed by atoms with E-state index >= 15 is 0 Å². The lowest BCUT2D eigenvalue weighted by Crippen LogP contribution is -2.56. The van der Waals surface area contributed by atoms with Crippen molar-refractivity contribution in [1.29, 1.82) is 0 Å². The highest BCUT2D eigenvalue weighted by Gasteiger charge is 2.36. The van der Waals surface area contributed by atoms with Gasteiger partial charge in [0.2, 0.25) is 11.8 Å². The molecular formula is C38H43Cl2N3O6S. The first kappa shape index (κ1) is 38.6. The van der Waals surface area contributed by atoms with Crippen molar-refractivity contribution in [3.63, 3.8) is 0 Å². The van der Waals surface area contributed by atoms with Crippen molar-refractivity contribution < 1.29 is 27.5 Å². The fraction of sp³-hybridized carbons (Fsp3) is 0.316. The number of nitrogens with zero attached hydrogens (tertiary/aromatic N) is 2. The summed E-state index contributed by atoms with van der Waals surface area (Å²) in [7, 11) is -1.51. The molecule has 0 aliphatic heterocycles. The van der Waals surface area contributed by atoms with E-state index in [1.54, 1.807) is 30.3 Å². The molecule has 0 fully saturated rings. The van der Waals surface area contributed by atoms with Crippen molar-refractivity contribution in [3.8, 4) is 11.5 Å². The SMILES string of the molecule is COc1ccc(S(=O)(=O)N(CC(=O)N(Cc2ccc(Cl)c(Cl)c2)[C@H](Cc2ccccc2)C(=O)NC(C)(C)C)c2cc(C)cc(C)c2)cc1OC. The van der Waals surface area contributed by atoms with Crippen molar-refractivity contribution in [2.75, 3.05) is 25.1 Å². The summed E-state index contributed by atoms with van der Waals surface area (Å²) in [6, 6.07) is 22.9. The number of ether oxygens (including phenoxy) is 2. The summed E-state index contributed by atoms with van der Waals surface area (Å²) in [6.45, 7) is 8.59. The monoisotopic (exact) mass is 739 g/mol. The molecule has 1 atom stereocenters. The predicted octanol–water partition coefficient (Wildman–Crippen LogP) is 7.38. The summed E-state index contributed by atoms with van der Waals surface area (Å²) >= 11 is 12.6. The van der Waals surface area contributed by atoms with Gasteiger partial charge in [-0.2, -0.15) is 0 Å². The Bertz CT molecular complexity index is 1930. The molecule has 0 unspecified atom stereocenters. The third-order valence-electron chi connectivity index (χ3n) is 7.82. The van der Waals surface area contributed by atoms with Gasteiger partial charge in [0.25, 0.3) is 10.0 Å². The molecule has 1 N–H and O–H groups in total. The normalized spacial score (nSPS) is 12.2. The topological polar surface area (TPSA) is 105 Å².